The normalized spacial score (nSPS) is 6.87. The zero-order chi connectivity index (χ0) is 13.3. The molecule has 0 aromatic rings. The van der Waals surface area contributed by atoms with Crippen LogP contribution in [0.5, 0.6) is 0 Å². The first-order chi connectivity index (χ1) is 7.08. The molecule has 0 aromatic heterocycles. The average Bonchev–Trinajstić information content (AvgIpc) is 2.33. The first-order valence-corrected chi connectivity index (χ1v) is 5.67. The largest absolute Gasteiger partial charge is 0.106 e. The van der Waals surface area contributed by atoms with E-state index >= 15 is 0 Å². The van der Waals surface area contributed by atoms with Crippen molar-refractivity contribution in [3.63, 3.8) is 0 Å². The Morgan fingerprint density at radius 2 is 1.20 bits per heavy atom. The minimum absolute atomic E-state index is 0.935. The van der Waals surface area contributed by atoms with Crippen molar-refractivity contribution in [2.24, 2.45) is 5.92 Å². The summed E-state index contributed by atoms with van der Waals surface area (Å²) in [5, 5.41) is 0. The summed E-state index contributed by atoms with van der Waals surface area (Å²) in [6.07, 6.45) is 4.74. The molecule has 0 radical (unpaired) electrons. The summed E-state index contributed by atoms with van der Waals surface area (Å²) in [5.41, 5.74) is 1.38. The number of allylic oxidation sites excluding steroid dienone is 2. The van der Waals surface area contributed by atoms with Crippen LogP contribution >= 0.6 is 0 Å². The summed E-state index contributed by atoms with van der Waals surface area (Å²) in [6.45, 7) is 24.9. The summed E-state index contributed by atoms with van der Waals surface area (Å²) >= 11 is 0. The summed E-state index contributed by atoms with van der Waals surface area (Å²) in [5.74, 6) is 0.935. The van der Waals surface area contributed by atoms with Gasteiger partial charge >= 0.3 is 0 Å². The fourth-order valence-corrected chi connectivity index (χ4v) is 0.289. The highest BCUT2D eigenvalue weighted by Gasteiger charge is 1.88. The topological polar surface area (TPSA) is 0 Å². The highest BCUT2D eigenvalue weighted by atomic mass is 13.9. The molecule has 0 bridgehead atoms. The van der Waals surface area contributed by atoms with Crippen LogP contribution in [0, 0.1) is 5.92 Å². The maximum atomic E-state index is 3.00. The molecule has 0 aliphatic rings. The maximum absolute atomic E-state index is 3.00. The third-order valence-corrected chi connectivity index (χ3v) is 1.97. The monoisotopic (exact) mass is 212 g/mol. The third kappa shape index (κ3) is 61.1. The molecule has 0 heterocycles. The van der Waals surface area contributed by atoms with E-state index in [-0.39, 0.29) is 0 Å². The highest BCUT2D eigenvalue weighted by molar-refractivity contribution is 4.88. The van der Waals surface area contributed by atoms with Crippen LogP contribution in [0.3, 0.4) is 0 Å². The van der Waals surface area contributed by atoms with Gasteiger partial charge in [0.15, 0.2) is 0 Å². The van der Waals surface area contributed by atoms with Gasteiger partial charge in [-0.25, -0.2) is 0 Å². The second-order valence-corrected chi connectivity index (χ2v) is 3.29. The maximum Gasteiger partial charge on any atom is -0.0442 e. The van der Waals surface area contributed by atoms with E-state index in [1.807, 2.05) is 6.92 Å². The van der Waals surface area contributed by atoms with Gasteiger partial charge in [0.2, 0.25) is 0 Å². The number of hydrogen-bond donors (Lipinski definition) is 0. The Hall–Kier alpha value is -0.780. The van der Waals surface area contributed by atoms with Gasteiger partial charge in [0.1, 0.15) is 0 Å². The van der Waals surface area contributed by atoms with Gasteiger partial charge in [0.25, 0.3) is 0 Å². The van der Waals surface area contributed by atoms with Gasteiger partial charge in [-0.15, -0.1) is 26.3 Å². The van der Waals surface area contributed by atoms with Crippen molar-refractivity contribution in [1.82, 2.24) is 0 Å². The second-order valence-electron chi connectivity index (χ2n) is 3.29. The molecule has 0 fully saturated rings. The molecular formula is C15H32. The predicted octanol–water partition coefficient (Wildman–Crippen LogP) is 6.02. The van der Waals surface area contributed by atoms with Gasteiger partial charge in [-0.1, -0.05) is 45.3 Å². The fraction of sp³-hybridized carbons (Fsp3) is 0.600. The Bertz CT molecular complexity index is 101. The van der Waals surface area contributed by atoms with E-state index in [4.69, 9.17) is 0 Å². The Morgan fingerprint density at radius 3 is 1.20 bits per heavy atom. The molecule has 0 aliphatic heterocycles. The zero-order valence-corrected chi connectivity index (χ0v) is 11.9. The van der Waals surface area contributed by atoms with E-state index in [0.29, 0.717) is 0 Å². The molecule has 0 N–H and O–H groups in total. The van der Waals surface area contributed by atoms with Crippen LogP contribution in [0.4, 0.5) is 0 Å². The Balaban J connectivity index is -0.0000000610. The Kier molecular flexibility index (Phi) is 46.3. The summed E-state index contributed by atoms with van der Waals surface area (Å²) < 4.78 is 0. The first-order valence-electron chi connectivity index (χ1n) is 5.67. The van der Waals surface area contributed by atoms with Gasteiger partial charge in [-0.2, -0.15) is 0 Å². The van der Waals surface area contributed by atoms with E-state index in [9.17, 15) is 0 Å². The smallest absolute Gasteiger partial charge is 0.0442 e. The molecule has 92 valence electrons. The van der Waals surface area contributed by atoms with Crippen molar-refractivity contribution >= 4 is 0 Å². The van der Waals surface area contributed by atoms with Gasteiger partial charge in [-0.3, -0.25) is 0 Å². The van der Waals surface area contributed by atoms with E-state index in [2.05, 4.69) is 67.0 Å². The number of rotatable bonds is 2. The molecule has 0 unspecified atom stereocenters. The van der Waals surface area contributed by atoms with Crippen molar-refractivity contribution in [3.8, 4) is 0 Å². The minimum atomic E-state index is 0.935. The van der Waals surface area contributed by atoms with Crippen LogP contribution in [0.15, 0.2) is 38.0 Å². The van der Waals surface area contributed by atoms with Crippen LogP contribution in [0.1, 0.15) is 54.4 Å². The molecule has 0 aromatic carbocycles. The lowest BCUT2D eigenvalue weighted by atomic mass is 10.1. The van der Waals surface area contributed by atoms with Crippen molar-refractivity contribution in [1.29, 1.82) is 0 Å². The standard InChI is InChI=1S/C6H14.C5H10.2C2H4/c1-4-6(3)5-2;1-4-5(2)3;2*1-2/h6H,4-5H2,1-3H3;4H,1-3H3;2*1-2H2. The molecule has 0 amide bonds. The van der Waals surface area contributed by atoms with Gasteiger partial charge in [-0.05, 0) is 26.7 Å². The van der Waals surface area contributed by atoms with Crippen molar-refractivity contribution < 1.29 is 0 Å². The molecule has 0 spiro atoms. The van der Waals surface area contributed by atoms with Crippen LogP contribution in [-0.4, -0.2) is 0 Å². The quantitative estimate of drug-likeness (QED) is 0.491. The zero-order valence-electron chi connectivity index (χ0n) is 11.9. The molecule has 0 saturated heterocycles. The lowest BCUT2D eigenvalue weighted by molar-refractivity contribution is 0.544. The molecule has 0 rings (SSSR count). The van der Waals surface area contributed by atoms with Crippen molar-refractivity contribution in [3.05, 3.63) is 38.0 Å². The molecular weight excluding hydrogens is 180 g/mol. The lowest BCUT2D eigenvalue weighted by Crippen LogP contribution is -1.85. The summed E-state index contributed by atoms with van der Waals surface area (Å²) in [4.78, 5) is 0. The molecule has 0 aliphatic carbocycles. The van der Waals surface area contributed by atoms with Crippen molar-refractivity contribution in [2.75, 3.05) is 0 Å². The third-order valence-electron chi connectivity index (χ3n) is 1.97. The van der Waals surface area contributed by atoms with E-state index in [0.717, 1.165) is 5.92 Å². The molecule has 15 heavy (non-hydrogen) atoms. The van der Waals surface area contributed by atoms with Gasteiger partial charge in [0, 0.05) is 0 Å². The Labute approximate surface area is 98.8 Å². The molecule has 0 nitrogen and oxygen atoms in total. The summed E-state index contributed by atoms with van der Waals surface area (Å²) in [6, 6.07) is 0. The lowest BCUT2D eigenvalue weighted by Gasteiger charge is -1.98. The SMILES string of the molecule is C=C.C=C.CC=C(C)C.CCC(C)CC. The van der Waals surface area contributed by atoms with E-state index < -0.39 is 0 Å². The molecule has 0 heteroatoms. The molecule has 0 atom stereocenters. The van der Waals surface area contributed by atoms with Gasteiger partial charge < -0.3 is 0 Å². The highest BCUT2D eigenvalue weighted by Crippen LogP contribution is 2.02. The van der Waals surface area contributed by atoms with Gasteiger partial charge in [0.05, 0.1) is 0 Å². The minimum Gasteiger partial charge on any atom is -0.106 e. The molecule has 0 saturated carbocycles. The summed E-state index contributed by atoms with van der Waals surface area (Å²) in [7, 11) is 0. The van der Waals surface area contributed by atoms with Crippen LogP contribution in [-0.2, 0) is 0 Å². The predicted molar refractivity (Wildman–Crippen MR) is 77.4 cm³/mol. The van der Waals surface area contributed by atoms with Crippen LogP contribution in [0.25, 0.3) is 0 Å². The fourth-order valence-electron chi connectivity index (χ4n) is 0.289. The van der Waals surface area contributed by atoms with Crippen molar-refractivity contribution in [2.45, 2.75) is 54.4 Å². The van der Waals surface area contributed by atoms with Crippen LogP contribution in [0.2, 0.25) is 0 Å². The second kappa shape index (κ2) is 29.2. The number of hydrogen-bond acceptors (Lipinski definition) is 0. The first kappa shape index (κ1) is 23.8. The Morgan fingerprint density at radius 1 is 1.00 bits per heavy atom. The average molecular weight is 212 g/mol. The van der Waals surface area contributed by atoms with Crippen LogP contribution < -0.4 is 0 Å². The van der Waals surface area contributed by atoms with E-state index in [1.54, 1.807) is 0 Å². The van der Waals surface area contributed by atoms with E-state index in [1.165, 1.54) is 18.4 Å².